The smallest absolute Gasteiger partial charge is 0.190 e. The normalized spacial score (nSPS) is 19.9. The number of hydrogen-bond donors (Lipinski definition) is 0. The van der Waals surface area contributed by atoms with Crippen LogP contribution in [0.3, 0.4) is 0 Å². The fourth-order valence-corrected chi connectivity index (χ4v) is 1.95. The average molecular weight is 252 g/mol. The Labute approximate surface area is 108 Å². The van der Waals surface area contributed by atoms with E-state index in [1.165, 1.54) is 5.56 Å². The standard InChI is InChI=1S/C14H18ClNO/c1-14(2,10-15)13-16-12(9-17-13)8-11-6-4-3-5-7-11/h3-7,12H,8-10H2,1-2H3/t12-/m0/s1. The summed E-state index contributed by atoms with van der Waals surface area (Å²) in [5, 5.41) is 0. The Kier molecular flexibility index (Phi) is 3.72. The zero-order valence-corrected chi connectivity index (χ0v) is 11.1. The van der Waals surface area contributed by atoms with Crippen LogP contribution < -0.4 is 0 Å². The molecule has 0 aromatic heterocycles. The van der Waals surface area contributed by atoms with Gasteiger partial charge in [-0.05, 0) is 25.8 Å². The molecule has 0 unspecified atom stereocenters. The van der Waals surface area contributed by atoms with E-state index in [1.807, 2.05) is 6.07 Å². The van der Waals surface area contributed by atoms with Crippen molar-refractivity contribution in [3.63, 3.8) is 0 Å². The Morgan fingerprint density at radius 1 is 1.35 bits per heavy atom. The lowest BCUT2D eigenvalue weighted by Gasteiger charge is -2.19. The molecule has 0 fully saturated rings. The number of aliphatic imine (C=N–C) groups is 1. The molecule has 0 spiro atoms. The number of rotatable bonds is 4. The van der Waals surface area contributed by atoms with Gasteiger partial charge in [0.25, 0.3) is 0 Å². The minimum absolute atomic E-state index is 0.160. The first-order chi connectivity index (χ1) is 8.12. The van der Waals surface area contributed by atoms with E-state index >= 15 is 0 Å². The van der Waals surface area contributed by atoms with Gasteiger partial charge < -0.3 is 4.74 Å². The Hall–Kier alpha value is -1.02. The summed E-state index contributed by atoms with van der Waals surface area (Å²) in [6.07, 6.45) is 0.933. The van der Waals surface area contributed by atoms with Crippen LogP contribution >= 0.6 is 11.6 Å². The maximum Gasteiger partial charge on any atom is 0.190 e. The number of halogens is 1. The van der Waals surface area contributed by atoms with Crippen molar-refractivity contribution in [3.05, 3.63) is 35.9 Å². The summed E-state index contributed by atoms with van der Waals surface area (Å²) >= 11 is 5.92. The topological polar surface area (TPSA) is 21.6 Å². The number of benzene rings is 1. The van der Waals surface area contributed by atoms with Gasteiger partial charge in [0.1, 0.15) is 6.61 Å². The minimum Gasteiger partial charge on any atom is -0.478 e. The first-order valence-electron chi connectivity index (χ1n) is 5.93. The number of alkyl halides is 1. The third kappa shape index (κ3) is 3.01. The summed E-state index contributed by atoms with van der Waals surface area (Å²) in [6, 6.07) is 10.6. The predicted octanol–water partition coefficient (Wildman–Crippen LogP) is 3.29. The zero-order valence-electron chi connectivity index (χ0n) is 10.3. The molecule has 0 saturated carbocycles. The van der Waals surface area contributed by atoms with Gasteiger partial charge in [-0.2, -0.15) is 0 Å². The molecule has 2 nitrogen and oxygen atoms in total. The van der Waals surface area contributed by atoms with Crippen molar-refractivity contribution < 1.29 is 4.74 Å². The lowest BCUT2D eigenvalue weighted by atomic mass is 9.96. The quantitative estimate of drug-likeness (QED) is 0.753. The molecule has 1 aliphatic rings. The van der Waals surface area contributed by atoms with Crippen LogP contribution in [0.5, 0.6) is 0 Å². The Bertz CT molecular complexity index is 400. The minimum atomic E-state index is -0.160. The molecule has 3 heteroatoms. The van der Waals surface area contributed by atoms with E-state index in [0.717, 1.165) is 12.3 Å². The molecule has 0 bridgehead atoms. The molecule has 17 heavy (non-hydrogen) atoms. The fraction of sp³-hybridized carbons (Fsp3) is 0.500. The van der Waals surface area contributed by atoms with E-state index in [0.29, 0.717) is 12.5 Å². The van der Waals surface area contributed by atoms with Gasteiger partial charge in [0.05, 0.1) is 11.5 Å². The molecule has 0 saturated heterocycles. The maximum atomic E-state index is 5.92. The molecular formula is C14H18ClNO. The van der Waals surface area contributed by atoms with E-state index in [9.17, 15) is 0 Å². The van der Waals surface area contributed by atoms with Crippen molar-refractivity contribution in [3.8, 4) is 0 Å². The van der Waals surface area contributed by atoms with Crippen LogP contribution in [-0.2, 0) is 11.2 Å². The van der Waals surface area contributed by atoms with Gasteiger partial charge in [0.15, 0.2) is 5.90 Å². The maximum absolute atomic E-state index is 5.92. The van der Waals surface area contributed by atoms with Gasteiger partial charge in [-0.1, -0.05) is 30.3 Å². The molecule has 0 N–H and O–H groups in total. The summed E-state index contributed by atoms with van der Waals surface area (Å²) in [4.78, 5) is 4.64. The second kappa shape index (κ2) is 5.09. The van der Waals surface area contributed by atoms with Crippen molar-refractivity contribution in [1.82, 2.24) is 0 Å². The largest absolute Gasteiger partial charge is 0.478 e. The average Bonchev–Trinajstić information content (AvgIpc) is 2.80. The van der Waals surface area contributed by atoms with E-state index in [2.05, 4.69) is 43.1 Å². The van der Waals surface area contributed by atoms with Gasteiger partial charge >= 0.3 is 0 Å². The van der Waals surface area contributed by atoms with Crippen molar-refractivity contribution >= 4 is 17.5 Å². The van der Waals surface area contributed by atoms with Crippen molar-refractivity contribution in [1.29, 1.82) is 0 Å². The predicted molar refractivity (Wildman–Crippen MR) is 71.8 cm³/mol. The molecule has 1 aromatic rings. The third-order valence-electron chi connectivity index (χ3n) is 2.94. The van der Waals surface area contributed by atoms with Gasteiger partial charge in [-0.25, -0.2) is 4.99 Å². The van der Waals surface area contributed by atoms with Gasteiger partial charge in [0.2, 0.25) is 0 Å². The molecule has 1 aliphatic heterocycles. The zero-order chi connectivity index (χ0) is 12.3. The molecule has 0 aliphatic carbocycles. The van der Waals surface area contributed by atoms with Crippen LogP contribution in [0.2, 0.25) is 0 Å². The molecule has 2 rings (SSSR count). The monoisotopic (exact) mass is 251 g/mol. The summed E-state index contributed by atoms with van der Waals surface area (Å²) in [5.41, 5.74) is 1.14. The number of ether oxygens (including phenoxy) is 1. The second-order valence-corrected chi connectivity index (χ2v) is 5.37. The fourth-order valence-electron chi connectivity index (χ4n) is 1.83. The summed E-state index contributed by atoms with van der Waals surface area (Å²) in [6.45, 7) is 4.79. The van der Waals surface area contributed by atoms with Crippen LogP contribution in [-0.4, -0.2) is 24.4 Å². The molecule has 1 heterocycles. The van der Waals surface area contributed by atoms with Crippen LogP contribution in [0.1, 0.15) is 19.4 Å². The van der Waals surface area contributed by atoms with E-state index in [1.54, 1.807) is 0 Å². The lowest BCUT2D eigenvalue weighted by molar-refractivity contribution is 0.282. The van der Waals surface area contributed by atoms with E-state index < -0.39 is 0 Å². The number of nitrogens with zero attached hydrogens (tertiary/aromatic N) is 1. The van der Waals surface area contributed by atoms with Crippen LogP contribution in [0.4, 0.5) is 0 Å². The first-order valence-corrected chi connectivity index (χ1v) is 6.46. The van der Waals surface area contributed by atoms with Crippen molar-refractivity contribution in [2.75, 3.05) is 12.5 Å². The second-order valence-electron chi connectivity index (χ2n) is 5.11. The molecule has 92 valence electrons. The highest BCUT2D eigenvalue weighted by Gasteiger charge is 2.31. The number of hydrogen-bond acceptors (Lipinski definition) is 2. The van der Waals surface area contributed by atoms with Gasteiger partial charge in [0, 0.05) is 5.88 Å². The highest BCUT2D eigenvalue weighted by Crippen LogP contribution is 2.25. The van der Waals surface area contributed by atoms with Crippen LogP contribution in [0.15, 0.2) is 35.3 Å². The molecular weight excluding hydrogens is 234 g/mol. The lowest BCUT2D eigenvalue weighted by Crippen LogP contribution is -2.26. The molecule has 0 amide bonds. The van der Waals surface area contributed by atoms with Crippen molar-refractivity contribution in [2.24, 2.45) is 10.4 Å². The molecule has 1 aromatic carbocycles. The van der Waals surface area contributed by atoms with E-state index in [4.69, 9.17) is 16.3 Å². The Morgan fingerprint density at radius 2 is 2.06 bits per heavy atom. The van der Waals surface area contributed by atoms with Crippen molar-refractivity contribution in [2.45, 2.75) is 26.3 Å². The van der Waals surface area contributed by atoms with Crippen LogP contribution in [0.25, 0.3) is 0 Å². The summed E-state index contributed by atoms with van der Waals surface area (Å²) in [7, 11) is 0. The molecule has 0 radical (unpaired) electrons. The SMILES string of the molecule is CC(C)(CCl)C1=N[C@@H](Cc2ccccc2)CO1. The summed E-state index contributed by atoms with van der Waals surface area (Å²) in [5.74, 6) is 1.33. The first kappa shape index (κ1) is 12.4. The van der Waals surface area contributed by atoms with Gasteiger partial charge in [-0.3, -0.25) is 0 Å². The third-order valence-corrected chi connectivity index (χ3v) is 3.61. The van der Waals surface area contributed by atoms with Gasteiger partial charge in [-0.15, -0.1) is 11.6 Å². The molecule has 1 atom stereocenters. The Balaban J connectivity index is 2.02. The highest BCUT2D eigenvalue weighted by atomic mass is 35.5. The Morgan fingerprint density at radius 3 is 2.71 bits per heavy atom. The summed E-state index contributed by atoms with van der Waals surface area (Å²) < 4.78 is 5.66. The van der Waals surface area contributed by atoms with Crippen LogP contribution in [0, 0.1) is 5.41 Å². The van der Waals surface area contributed by atoms with E-state index in [-0.39, 0.29) is 11.5 Å². The highest BCUT2D eigenvalue weighted by molar-refractivity contribution is 6.19.